The molecule has 18 heavy (non-hydrogen) atoms. The van der Waals surface area contributed by atoms with Gasteiger partial charge in [0.1, 0.15) is 6.10 Å². The number of hydrogen-bond acceptors (Lipinski definition) is 4. The van der Waals surface area contributed by atoms with Crippen LogP contribution in [0.25, 0.3) is 0 Å². The molecule has 4 nitrogen and oxygen atoms in total. The molecule has 102 valence electrons. The average molecular weight is 254 g/mol. The maximum atomic E-state index is 11.0. The van der Waals surface area contributed by atoms with Gasteiger partial charge in [-0.3, -0.25) is 4.79 Å². The fourth-order valence-corrected chi connectivity index (χ4v) is 3.20. The van der Waals surface area contributed by atoms with Crippen molar-refractivity contribution in [3.05, 3.63) is 11.8 Å². The summed E-state index contributed by atoms with van der Waals surface area (Å²) in [5.74, 6) is 1.65. The van der Waals surface area contributed by atoms with Crippen LogP contribution in [-0.4, -0.2) is 31.9 Å². The van der Waals surface area contributed by atoms with Crippen molar-refractivity contribution in [1.82, 2.24) is 0 Å². The summed E-state index contributed by atoms with van der Waals surface area (Å²) in [5, 5.41) is 0. The lowest BCUT2D eigenvalue weighted by Crippen LogP contribution is -2.39. The Morgan fingerprint density at radius 1 is 1.39 bits per heavy atom. The fourth-order valence-electron chi connectivity index (χ4n) is 3.20. The molecule has 2 aliphatic carbocycles. The van der Waals surface area contributed by atoms with Gasteiger partial charge in [0.2, 0.25) is 0 Å². The van der Waals surface area contributed by atoms with E-state index in [-0.39, 0.29) is 23.6 Å². The molecular weight excluding hydrogens is 232 g/mol. The number of carbonyl (C=O) groups is 1. The number of ether oxygens (including phenoxy) is 3. The molecule has 0 aromatic heterocycles. The van der Waals surface area contributed by atoms with Crippen LogP contribution in [0.15, 0.2) is 11.8 Å². The highest BCUT2D eigenvalue weighted by atomic mass is 16.6. The predicted molar refractivity (Wildman–Crippen MR) is 66.8 cm³/mol. The number of carbonyl (C=O) groups excluding carboxylic acids is 1. The van der Waals surface area contributed by atoms with Gasteiger partial charge in [-0.2, -0.15) is 0 Å². The summed E-state index contributed by atoms with van der Waals surface area (Å²) in [6.07, 6.45) is 2.94. The topological polar surface area (TPSA) is 44.8 Å². The van der Waals surface area contributed by atoms with Gasteiger partial charge in [-0.1, -0.05) is 13.8 Å². The van der Waals surface area contributed by atoms with Gasteiger partial charge in [0.05, 0.1) is 18.5 Å². The van der Waals surface area contributed by atoms with E-state index in [0.29, 0.717) is 11.8 Å². The van der Waals surface area contributed by atoms with Crippen LogP contribution in [0.1, 0.15) is 27.2 Å². The van der Waals surface area contributed by atoms with E-state index in [2.05, 4.69) is 19.9 Å². The van der Waals surface area contributed by atoms with Gasteiger partial charge in [-0.25, -0.2) is 0 Å². The summed E-state index contributed by atoms with van der Waals surface area (Å²) >= 11 is 0. The molecule has 0 aromatic carbocycles. The Balaban J connectivity index is 2.18. The molecule has 1 fully saturated rings. The van der Waals surface area contributed by atoms with E-state index in [1.54, 1.807) is 14.2 Å². The standard InChI is InChI=1S/C14H22O4/c1-8-9(2)14(17-5,7-13(8)16-4)11-6-12(11)18-10(3)15/h7-9,11-12H,6H2,1-5H3/t8-,9-,11+,12+,14?/m0/s1. The van der Waals surface area contributed by atoms with Crippen LogP contribution >= 0.6 is 0 Å². The Kier molecular flexibility index (Phi) is 3.41. The van der Waals surface area contributed by atoms with Crippen LogP contribution in [0.2, 0.25) is 0 Å². The van der Waals surface area contributed by atoms with Crippen LogP contribution < -0.4 is 0 Å². The minimum Gasteiger partial charge on any atom is -0.501 e. The summed E-state index contributed by atoms with van der Waals surface area (Å²) in [6.45, 7) is 5.76. The highest BCUT2D eigenvalue weighted by Crippen LogP contribution is 2.55. The van der Waals surface area contributed by atoms with Gasteiger partial charge in [-0.15, -0.1) is 0 Å². The smallest absolute Gasteiger partial charge is 0.302 e. The maximum Gasteiger partial charge on any atom is 0.302 e. The first kappa shape index (κ1) is 13.4. The fraction of sp³-hybridized carbons (Fsp3) is 0.786. The lowest BCUT2D eigenvalue weighted by atomic mass is 9.83. The van der Waals surface area contributed by atoms with Crippen LogP contribution in [0.3, 0.4) is 0 Å². The summed E-state index contributed by atoms with van der Waals surface area (Å²) in [4.78, 5) is 11.0. The van der Waals surface area contributed by atoms with Crippen LogP contribution in [0.5, 0.6) is 0 Å². The molecule has 2 aliphatic rings. The monoisotopic (exact) mass is 254 g/mol. The molecule has 0 heterocycles. The van der Waals surface area contributed by atoms with E-state index < -0.39 is 0 Å². The number of rotatable bonds is 4. The van der Waals surface area contributed by atoms with Gasteiger partial charge in [0.25, 0.3) is 0 Å². The molecule has 1 unspecified atom stereocenters. The van der Waals surface area contributed by atoms with Crippen molar-refractivity contribution in [3.63, 3.8) is 0 Å². The van der Waals surface area contributed by atoms with Crippen molar-refractivity contribution >= 4 is 5.97 Å². The first-order chi connectivity index (χ1) is 8.46. The highest BCUT2D eigenvalue weighted by molar-refractivity contribution is 5.66. The molecule has 5 atom stereocenters. The van der Waals surface area contributed by atoms with E-state index >= 15 is 0 Å². The lowest BCUT2D eigenvalue weighted by molar-refractivity contribution is -0.144. The molecule has 0 amide bonds. The van der Waals surface area contributed by atoms with Crippen molar-refractivity contribution in [2.45, 2.75) is 38.9 Å². The highest BCUT2D eigenvalue weighted by Gasteiger charge is 2.60. The molecule has 0 radical (unpaired) electrons. The van der Waals surface area contributed by atoms with Crippen molar-refractivity contribution in [1.29, 1.82) is 0 Å². The molecule has 0 N–H and O–H groups in total. The second kappa shape index (κ2) is 4.57. The Bertz CT molecular complexity index is 376. The maximum absolute atomic E-state index is 11.0. The van der Waals surface area contributed by atoms with Crippen molar-refractivity contribution in [3.8, 4) is 0 Å². The molecule has 0 bridgehead atoms. The zero-order chi connectivity index (χ0) is 13.5. The molecule has 0 saturated heterocycles. The van der Waals surface area contributed by atoms with Gasteiger partial charge in [0, 0.05) is 25.9 Å². The molecule has 0 spiro atoms. The zero-order valence-corrected chi connectivity index (χ0v) is 11.7. The van der Waals surface area contributed by atoms with Crippen molar-refractivity contribution in [2.75, 3.05) is 14.2 Å². The second-order valence-corrected chi connectivity index (χ2v) is 5.38. The minimum atomic E-state index is -0.356. The zero-order valence-electron chi connectivity index (χ0n) is 11.7. The summed E-state index contributed by atoms with van der Waals surface area (Å²) < 4.78 is 16.5. The third-order valence-electron chi connectivity index (χ3n) is 4.50. The third kappa shape index (κ3) is 1.92. The van der Waals surface area contributed by atoms with Crippen LogP contribution in [-0.2, 0) is 19.0 Å². The van der Waals surface area contributed by atoms with Gasteiger partial charge < -0.3 is 14.2 Å². The third-order valence-corrected chi connectivity index (χ3v) is 4.50. The normalized spacial score (nSPS) is 42.4. The number of allylic oxidation sites excluding steroid dienone is 1. The Morgan fingerprint density at radius 2 is 2.06 bits per heavy atom. The Labute approximate surface area is 108 Å². The van der Waals surface area contributed by atoms with Gasteiger partial charge in [-0.05, 0) is 18.4 Å². The molecule has 4 heteroatoms. The second-order valence-electron chi connectivity index (χ2n) is 5.38. The summed E-state index contributed by atoms with van der Waals surface area (Å²) in [6, 6.07) is 0. The van der Waals surface area contributed by atoms with E-state index in [1.807, 2.05) is 0 Å². The number of methoxy groups -OCH3 is 2. The minimum absolute atomic E-state index is 0.00967. The van der Waals surface area contributed by atoms with E-state index in [1.165, 1.54) is 6.92 Å². The number of esters is 1. The molecule has 2 rings (SSSR count). The van der Waals surface area contributed by atoms with Gasteiger partial charge in [0.15, 0.2) is 0 Å². The van der Waals surface area contributed by atoms with Gasteiger partial charge >= 0.3 is 5.97 Å². The average Bonchev–Trinajstić information content (AvgIpc) is 3.03. The summed E-state index contributed by atoms with van der Waals surface area (Å²) in [7, 11) is 3.42. The predicted octanol–water partition coefficient (Wildman–Crippen LogP) is 2.14. The first-order valence-corrected chi connectivity index (χ1v) is 6.45. The molecule has 0 aromatic rings. The lowest BCUT2D eigenvalue weighted by Gasteiger charge is -2.33. The largest absolute Gasteiger partial charge is 0.501 e. The molecule has 0 aliphatic heterocycles. The Hall–Kier alpha value is -1.03. The van der Waals surface area contributed by atoms with Crippen molar-refractivity contribution in [2.24, 2.45) is 17.8 Å². The van der Waals surface area contributed by atoms with Crippen molar-refractivity contribution < 1.29 is 19.0 Å². The SMILES string of the molecule is COC1=CC(OC)([C@@H]2C[C@H]2OC(C)=O)[C@@H](C)[C@@H]1C. The van der Waals surface area contributed by atoms with Crippen LogP contribution in [0.4, 0.5) is 0 Å². The molecular formula is C14H22O4. The first-order valence-electron chi connectivity index (χ1n) is 6.45. The van der Waals surface area contributed by atoms with Crippen LogP contribution in [0, 0.1) is 17.8 Å². The quantitative estimate of drug-likeness (QED) is 0.721. The van der Waals surface area contributed by atoms with E-state index in [9.17, 15) is 4.79 Å². The van der Waals surface area contributed by atoms with E-state index in [0.717, 1.165) is 12.2 Å². The number of hydrogen-bond donors (Lipinski definition) is 0. The molecule has 1 saturated carbocycles. The summed E-state index contributed by atoms with van der Waals surface area (Å²) in [5.41, 5.74) is -0.356. The Morgan fingerprint density at radius 3 is 2.50 bits per heavy atom. The van der Waals surface area contributed by atoms with E-state index in [4.69, 9.17) is 14.2 Å².